The molecule has 158 valence electrons. The van der Waals surface area contributed by atoms with Gasteiger partial charge in [-0.1, -0.05) is 12.1 Å². The zero-order valence-corrected chi connectivity index (χ0v) is 16.4. The lowest BCUT2D eigenvalue weighted by molar-refractivity contribution is -0.148. The number of benzene rings is 1. The molecule has 0 saturated carbocycles. The smallest absolute Gasteiger partial charge is 0.339 e. The van der Waals surface area contributed by atoms with Crippen molar-refractivity contribution in [1.82, 2.24) is 4.98 Å². The number of nitrogens with one attached hydrogen (secondary N) is 1. The van der Waals surface area contributed by atoms with Crippen LogP contribution >= 0.6 is 0 Å². The number of ether oxygens (including phenoxy) is 1. The van der Waals surface area contributed by atoms with Crippen LogP contribution in [-0.4, -0.2) is 47.6 Å². The number of hydrogen-bond donors (Lipinski definition) is 2. The summed E-state index contributed by atoms with van der Waals surface area (Å²) in [4.78, 5) is 42.1. The van der Waals surface area contributed by atoms with E-state index in [9.17, 15) is 23.9 Å². The van der Waals surface area contributed by atoms with Crippen LogP contribution in [-0.2, 0) is 9.53 Å². The largest absolute Gasteiger partial charge is 0.478 e. The first-order valence-electron chi connectivity index (χ1n) is 9.61. The molecule has 1 aliphatic rings. The highest BCUT2D eigenvalue weighted by molar-refractivity contribution is 6.05. The van der Waals surface area contributed by atoms with E-state index < -0.39 is 17.7 Å². The van der Waals surface area contributed by atoms with Crippen LogP contribution in [0.25, 0.3) is 0 Å². The summed E-state index contributed by atoms with van der Waals surface area (Å²) in [5, 5.41) is 12.1. The maximum atomic E-state index is 13.8. The number of carbonyl (C=O) groups is 3. The number of aromatic nitrogens is 1. The number of piperidine rings is 1. The van der Waals surface area contributed by atoms with Crippen LogP contribution in [0.1, 0.15) is 40.5 Å². The Kier molecular flexibility index (Phi) is 6.61. The Hall–Kier alpha value is -3.49. The van der Waals surface area contributed by atoms with E-state index in [1.807, 2.05) is 0 Å². The van der Waals surface area contributed by atoms with Crippen LogP contribution in [0.15, 0.2) is 36.5 Å². The van der Waals surface area contributed by atoms with E-state index in [1.54, 1.807) is 11.8 Å². The molecule has 1 aromatic carbocycles. The van der Waals surface area contributed by atoms with Crippen LogP contribution in [0.2, 0.25) is 0 Å². The molecule has 2 N–H and O–H groups in total. The van der Waals surface area contributed by atoms with E-state index in [4.69, 9.17) is 4.74 Å². The van der Waals surface area contributed by atoms with Gasteiger partial charge in [-0.2, -0.15) is 0 Å². The number of anilines is 2. The number of carboxylic acids is 1. The predicted molar refractivity (Wildman–Crippen MR) is 107 cm³/mol. The molecule has 1 aromatic heterocycles. The first-order valence-corrected chi connectivity index (χ1v) is 9.61. The lowest BCUT2D eigenvalue weighted by Gasteiger charge is -2.33. The normalized spacial score (nSPS) is 16.1. The first kappa shape index (κ1) is 21.2. The minimum atomic E-state index is -1.22. The first-order chi connectivity index (χ1) is 14.4. The molecule has 1 amide bonds. The number of hydrogen-bond acceptors (Lipinski definition) is 6. The second-order valence-electron chi connectivity index (χ2n) is 6.87. The fourth-order valence-corrected chi connectivity index (χ4v) is 3.40. The topological polar surface area (TPSA) is 109 Å². The highest BCUT2D eigenvalue weighted by atomic mass is 19.1. The zero-order chi connectivity index (χ0) is 21.7. The summed E-state index contributed by atoms with van der Waals surface area (Å²) in [6, 6.07) is 6.76. The monoisotopic (exact) mass is 415 g/mol. The molecule has 30 heavy (non-hydrogen) atoms. The van der Waals surface area contributed by atoms with Gasteiger partial charge in [-0.25, -0.2) is 14.2 Å². The van der Waals surface area contributed by atoms with Gasteiger partial charge in [-0.15, -0.1) is 0 Å². The highest BCUT2D eigenvalue weighted by Crippen LogP contribution is 2.27. The third-order valence-electron chi connectivity index (χ3n) is 4.81. The van der Waals surface area contributed by atoms with Crippen molar-refractivity contribution in [2.45, 2.75) is 19.8 Å². The summed E-state index contributed by atoms with van der Waals surface area (Å²) in [7, 11) is 0. The van der Waals surface area contributed by atoms with Gasteiger partial charge in [0.2, 0.25) is 0 Å². The quantitative estimate of drug-likeness (QED) is 0.698. The van der Waals surface area contributed by atoms with Gasteiger partial charge >= 0.3 is 11.9 Å². The van der Waals surface area contributed by atoms with Gasteiger partial charge in [0, 0.05) is 13.1 Å². The van der Waals surface area contributed by atoms with Gasteiger partial charge in [0.1, 0.15) is 17.2 Å². The fourth-order valence-electron chi connectivity index (χ4n) is 3.40. The molecule has 9 heteroatoms. The number of pyridine rings is 1. The van der Waals surface area contributed by atoms with Crippen molar-refractivity contribution in [3.63, 3.8) is 0 Å². The van der Waals surface area contributed by atoms with Crippen molar-refractivity contribution in [1.29, 1.82) is 0 Å². The highest BCUT2D eigenvalue weighted by Gasteiger charge is 2.30. The van der Waals surface area contributed by atoms with Gasteiger partial charge in [0.05, 0.1) is 30.0 Å². The molecule has 1 fully saturated rings. The number of carboxylic acid groups (broad SMARTS) is 1. The number of esters is 1. The number of aromatic carboxylic acids is 1. The van der Waals surface area contributed by atoms with Gasteiger partial charge < -0.3 is 20.1 Å². The lowest BCUT2D eigenvalue weighted by Crippen LogP contribution is -2.40. The minimum Gasteiger partial charge on any atom is -0.478 e. The molecule has 0 bridgehead atoms. The van der Waals surface area contributed by atoms with Crippen molar-refractivity contribution in [3.05, 3.63) is 53.5 Å². The minimum absolute atomic E-state index is 0.120. The van der Waals surface area contributed by atoms with Crippen LogP contribution in [0, 0.1) is 11.7 Å². The SMILES string of the molecule is CCOC(=O)[C@@H]1CCCN(c2ncc(NC(=O)c3ccccc3F)cc2C(=O)O)C1. The average Bonchev–Trinajstić information content (AvgIpc) is 2.74. The lowest BCUT2D eigenvalue weighted by atomic mass is 9.98. The number of nitrogens with zero attached hydrogens (tertiary/aromatic N) is 2. The van der Waals surface area contributed by atoms with Crippen LogP contribution < -0.4 is 10.2 Å². The van der Waals surface area contributed by atoms with Gasteiger partial charge in [-0.05, 0) is 38.0 Å². The number of carbonyl (C=O) groups excluding carboxylic acids is 2. The van der Waals surface area contributed by atoms with Crippen LogP contribution in [0.4, 0.5) is 15.9 Å². The molecular weight excluding hydrogens is 393 g/mol. The molecule has 0 spiro atoms. The third-order valence-corrected chi connectivity index (χ3v) is 4.81. The molecule has 1 saturated heterocycles. The van der Waals surface area contributed by atoms with E-state index >= 15 is 0 Å². The molecule has 2 aromatic rings. The van der Waals surface area contributed by atoms with Gasteiger partial charge in [0.15, 0.2) is 0 Å². The van der Waals surface area contributed by atoms with E-state index in [0.29, 0.717) is 25.9 Å². The molecule has 0 unspecified atom stereocenters. The Morgan fingerprint density at radius 2 is 2.07 bits per heavy atom. The van der Waals surface area contributed by atoms with Crippen molar-refractivity contribution in [2.24, 2.45) is 5.92 Å². The Bertz CT molecular complexity index is 965. The summed E-state index contributed by atoms with van der Waals surface area (Å²) in [6.07, 6.45) is 2.67. The third kappa shape index (κ3) is 4.73. The Morgan fingerprint density at radius 1 is 1.30 bits per heavy atom. The summed E-state index contributed by atoms with van der Waals surface area (Å²) in [5.74, 6) is -3.08. The van der Waals surface area contributed by atoms with Gasteiger partial charge in [0.25, 0.3) is 5.91 Å². The molecule has 1 atom stereocenters. The van der Waals surface area contributed by atoms with Crippen molar-refractivity contribution in [3.8, 4) is 0 Å². The van der Waals surface area contributed by atoms with E-state index in [-0.39, 0.29) is 41.1 Å². The van der Waals surface area contributed by atoms with E-state index in [0.717, 1.165) is 6.07 Å². The molecule has 2 heterocycles. The number of halogens is 1. The summed E-state index contributed by atoms with van der Waals surface area (Å²) < 4.78 is 18.9. The molecule has 8 nitrogen and oxygen atoms in total. The summed E-state index contributed by atoms with van der Waals surface area (Å²) in [6.45, 7) is 2.86. The standard InChI is InChI=1S/C21H22FN3O5/c1-2-30-21(29)13-6-5-9-25(12-13)18-16(20(27)28)10-14(11-23-18)24-19(26)15-7-3-4-8-17(15)22/h3-4,7-8,10-11,13H,2,5-6,9,12H2,1H3,(H,24,26)(H,27,28)/t13-/m1/s1. The maximum Gasteiger partial charge on any atom is 0.339 e. The Morgan fingerprint density at radius 3 is 2.77 bits per heavy atom. The van der Waals surface area contributed by atoms with Crippen LogP contribution in [0.3, 0.4) is 0 Å². The number of amides is 1. The maximum absolute atomic E-state index is 13.8. The van der Waals surface area contributed by atoms with Gasteiger partial charge in [-0.3, -0.25) is 9.59 Å². The van der Waals surface area contributed by atoms with Crippen molar-refractivity contribution >= 4 is 29.4 Å². The van der Waals surface area contributed by atoms with Crippen molar-refractivity contribution in [2.75, 3.05) is 29.9 Å². The predicted octanol–water partition coefficient (Wildman–Crippen LogP) is 2.95. The second kappa shape index (κ2) is 9.34. The molecular formula is C21H22FN3O5. The van der Waals surface area contributed by atoms with Crippen molar-refractivity contribution < 1.29 is 28.6 Å². The summed E-state index contributed by atoms with van der Waals surface area (Å²) in [5.41, 5.74) is -0.152. The summed E-state index contributed by atoms with van der Waals surface area (Å²) >= 11 is 0. The molecule has 0 aliphatic carbocycles. The zero-order valence-electron chi connectivity index (χ0n) is 16.4. The fraction of sp³-hybridized carbons (Fsp3) is 0.333. The Labute approximate surface area is 172 Å². The van der Waals surface area contributed by atoms with E-state index in [2.05, 4.69) is 10.3 Å². The second-order valence-corrected chi connectivity index (χ2v) is 6.87. The van der Waals surface area contributed by atoms with E-state index in [1.165, 1.54) is 30.5 Å². The average molecular weight is 415 g/mol. The molecule has 3 rings (SSSR count). The Balaban J connectivity index is 1.82. The van der Waals surface area contributed by atoms with Crippen LogP contribution in [0.5, 0.6) is 0 Å². The molecule has 1 aliphatic heterocycles. The number of rotatable bonds is 6. The molecule has 0 radical (unpaired) electrons.